The van der Waals surface area contributed by atoms with Gasteiger partial charge in [0.25, 0.3) is 11.5 Å². The number of likely N-dealkylation sites (tertiary alicyclic amines) is 1. The number of para-hydroxylation sites is 1. The molecule has 0 atom stereocenters. The van der Waals surface area contributed by atoms with Crippen molar-refractivity contribution in [2.24, 2.45) is 15.8 Å². The molecule has 1 fully saturated rings. The summed E-state index contributed by atoms with van der Waals surface area (Å²) in [6, 6.07) is 21.6. The first-order valence-electron chi connectivity index (χ1n) is 13.8. The number of anilines is 1. The third-order valence-corrected chi connectivity index (χ3v) is 7.65. The van der Waals surface area contributed by atoms with Crippen LogP contribution >= 0.6 is 0 Å². The van der Waals surface area contributed by atoms with Gasteiger partial charge in [-0.15, -0.1) is 0 Å². The van der Waals surface area contributed by atoms with Crippen LogP contribution in [0.1, 0.15) is 40.5 Å². The minimum atomic E-state index is -0.506. The van der Waals surface area contributed by atoms with E-state index in [1.807, 2.05) is 36.4 Å². The van der Waals surface area contributed by atoms with Crippen molar-refractivity contribution in [3.05, 3.63) is 106 Å². The minimum absolute atomic E-state index is 0.0293. The monoisotopic (exact) mass is 579 g/mol. The molecule has 0 saturated carbocycles. The lowest BCUT2D eigenvalue weighted by Gasteiger charge is -2.31. The molecule has 43 heavy (non-hydrogen) atoms. The smallest absolute Gasteiger partial charge is 0.409 e. The average molecular weight is 580 g/mol. The van der Waals surface area contributed by atoms with Crippen LogP contribution in [-0.4, -0.2) is 65.9 Å². The maximum atomic E-state index is 13.1. The van der Waals surface area contributed by atoms with Crippen LogP contribution in [-0.2, 0) is 4.74 Å². The van der Waals surface area contributed by atoms with Gasteiger partial charge in [-0.3, -0.25) is 19.1 Å². The van der Waals surface area contributed by atoms with Gasteiger partial charge in [0.2, 0.25) is 0 Å². The molecule has 2 amide bonds. The molecule has 0 bridgehead atoms. The predicted molar refractivity (Wildman–Crippen MR) is 167 cm³/mol. The molecule has 3 N–H and O–H groups in total. The first-order chi connectivity index (χ1) is 20.9. The number of nitrogens with two attached hydrogens (primary N) is 1. The third kappa shape index (κ3) is 5.82. The summed E-state index contributed by atoms with van der Waals surface area (Å²) in [5, 5.41) is 7.10. The predicted octanol–water partition coefficient (Wildman–Crippen LogP) is 4.30. The van der Waals surface area contributed by atoms with E-state index in [-0.39, 0.29) is 17.6 Å². The number of carbonyl (C=O) groups excluding carboxylic acids is 2. The number of aromatic nitrogens is 2. The summed E-state index contributed by atoms with van der Waals surface area (Å²) in [5.41, 5.74) is 10.3. The second-order valence-electron chi connectivity index (χ2n) is 10.1. The molecule has 0 aliphatic carbocycles. The SMILES string of the molecule is C=Nn1c(C2CCN(C(=O)OC)CC2)cc(-c2ccc(NC(=O)c3cccn(-c4ccccc4)c3=O)cc2)c1C(N)=NC. The number of pyridine rings is 1. The molecule has 3 heterocycles. The van der Waals surface area contributed by atoms with E-state index in [2.05, 4.69) is 22.1 Å². The van der Waals surface area contributed by atoms with Gasteiger partial charge in [-0.05, 0) is 60.9 Å². The van der Waals surface area contributed by atoms with Crippen LogP contribution in [0.5, 0.6) is 0 Å². The zero-order valence-electron chi connectivity index (χ0n) is 24.1. The van der Waals surface area contributed by atoms with Crippen molar-refractivity contribution in [1.29, 1.82) is 0 Å². The number of amidine groups is 1. The Morgan fingerprint density at radius 2 is 1.72 bits per heavy atom. The van der Waals surface area contributed by atoms with Crippen molar-refractivity contribution in [3.63, 3.8) is 0 Å². The molecule has 2 aromatic carbocycles. The largest absolute Gasteiger partial charge is 0.453 e. The summed E-state index contributed by atoms with van der Waals surface area (Å²) in [7, 11) is 2.99. The van der Waals surface area contributed by atoms with Crippen molar-refractivity contribution in [3.8, 4) is 16.8 Å². The maximum absolute atomic E-state index is 13.1. The summed E-state index contributed by atoms with van der Waals surface area (Å²) < 4.78 is 8.03. The van der Waals surface area contributed by atoms with Gasteiger partial charge in [0.15, 0.2) is 0 Å². The van der Waals surface area contributed by atoms with Crippen LogP contribution in [0.2, 0.25) is 0 Å². The molecule has 220 valence electrons. The number of nitrogens with zero attached hydrogens (tertiary/aromatic N) is 5. The zero-order chi connectivity index (χ0) is 30.5. The third-order valence-electron chi connectivity index (χ3n) is 7.65. The van der Waals surface area contributed by atoms with Crippen molar-refractivity contribution in [2.75, 3.05) is 32.6 Å². The van der Waals surface area contributed by atoms with Gasteiger partial charge in [0.05, 0.1) is 7.11 Å². The highest BCUT2D eigenvalue weighted by atomic mass is 16.5. The molecule has 2 aromatic heterocycles. The molecule has 5 rings (SSSR count). The maximum Gasteiger partial charge on any atom is 0.409 e. The molecular formula is C32H33N7O4. The Labute approximate surface area is 248 Å². The molecule has 11 nitrogen and oxygen atoms in total. The fourth-order valence-electron chi connectivity index (χ4n) is 5.41. The highest BCUT2D eigenvalue weighted by Crippen LogP contribution is 2.36. The number of rotatable bonds is 7. The highest BCUT2D eigenvalue weighted by molar-refractivity contribution is 6.05. The van der Waals surface area contributed by atoms with Crippen molar-refractivity contribution in [1.82, 2.24) is 14.1 Å². The summed E-state index contributed by atoms with van der Waals surface area (Å²) in [4.78, 5) is 44.0. The number of benzene rings is 2. The molecule has 0 radical (unpaired) electrons. The number of hydrogen-bond acceptors (Lipinski definition) is 6. The lowest BCUT2D eigenvalue weighted by molar-refractivity contribution is 0.102. The Kier molecular flexibility index (Phi) is 8.51. The lowest BCUT2D eigenvalue weighted by atomic mass is 9.93. The Bertz CT molecular complexity index is 1730. The van der Waals surface area contributed by atoms with Gasteiger partial charge in [-0.25, -0.2) is 9.47 Å². The molecule has 1 saturated heterocycles. The van der Waals surface area contributed by atoms with Crippen LogP contribution in [0.4, 0.5) is 10.5 Å². The average Bonchev–Trinajstić information content (AvgIpc) is 3.44. The molecule has 0 unspecified atom stereocenters. The van der Waals surface area contributed by atoms with Gasteiger partial charge in [-0.2, -0.15) is 5.10 Å². The standard InChI is InChI=1S/C32H33N7O4/c1-34-29(33)28-26(20-27(39(28)35-2)22-15-18-37(19-16-22)32(42)43-3)21-11-13-23(14-12-21)36-30(40)25-10-7-17-38(31(25)41)24-8-5-4-6-9-24/h4-14,17,20,22H,2,15-16,18-19H2,1,3H3,(H2,33,34)(H,36,40). The molecule has 4 aromatic rings. The van der Waals surface area contributed by atoms with Gasteiger partial charge < -0.3 is 20.7 Å². The van der Waals surface area contributed by atoms with Gasteiger partial charge in [0, 0.05) is 61.6 Å². The van der Waals surface area contributed by atoms with Crippen LogP contribution in [0.15, 0.2) is 93.9 Å². The fourth-order valence-corrected chi connectivity index (χ4v) is 5.41. The molecular weight excluding hydrogens is 546 g/mol. The van der Waals surface area contributed by atoms with Gasteiger partial charge in [-0.1, -0.05) is 30.3 Å². The number of piperidine rings is 1. The quantitative estimate of drug-likeness (QED) is 0.249. The van der Waals surface area contributed by atoms with Crippen LogP contribution < -0.4 is 16.6 Å². The van der Waals surface area contributed by atoms with Crippen molar-refractivity contribution >= 4 is 30.2 Å². The Morgan fingerprint density at radius 1 is 1.02 bits per heavy atom. The highest BCUT2D eigenvalue weighted by Gasteiger charge is 2.29. The summed E-state index contributed by atoms with van der Waals surface area (Å²) in [6.07, 6.45) is 2.76. The number of methoxy groups -OCH3 is 1. The van der Waals surface area contributed by atoms with E-state index < -0.39 is 11.5 Å². The minimum Gasteiger partial charge on any atom is -0.453 e. The Hall–Kier alpha value is -5.45. The van der Waals surface area contributed by atoms with Gasteiger partial charge in [0.1, 0.15) is 17.1 Å². The summed E-state index contributed by atoms with van der Waals surface area (Å²) in [6.45, 7) is 4.91. The van der Waals surface area contributed by atoms with E-state index in [9.17, 15) is 14.4 Å². The number of nitrogens with one attached hydrogen (secondary N) is 1. The van der Waals surface area contributed by atoms with E-state index in [1.54, 1.807) is 53.2 Å². The Morgan fingerprint density at radius 3 is 2.35 bits per heavy atom. The number of carbonyl (C=O) groups is 2. The summed E-state index contributed by atoms with van der Waals surface area (Å²) in [5.74, 6) is -0.0848. The number of ether oxygens (including phenoxy) is 1. The van der Waals surface area contributed by atoms with E-state index in [4.69, 9.17) is 10.5 Å². The topological polar surface area (TPSA) is 136 Å². The fraction of sp³-hybridized carbons (Fsp3) is 0.219. The lowest BCUT2D eigenvalue weighted by Crippen LogP contribution is -2.38. The second kappa shape index (κ2) is 12.6. The number of aliphatic imine (C=N–C) groups is 1. The van der Waals surface area contributed by atoms with E-state index in [1.165, 1.54) is 17.7 Å². The first-order valence-corrected chi connectivity index (χ1v) is 13.8. The molecule has 1 aliphatic heterocycles. The molecule has 1 aliphatic rings. The zero-order valence-corrected chi connectivity index (χ0v) is 24.1. The normalized spacial score (nSPS) is 13.9. The molecule has 0 spiro atoms. The van der Waals surface area contributed by atoms with Crippen molar-refractivity contribution < 1.29 is 14.3 Å². The number of amides is 2. The van der Waals surface area contributed by atoms with Crippen LogP contribution in [0.3, 0.4) is 0 Å². The van der Waals surface area contributed by atoms with E-state index in [0.29, 0.717) is 36.0 Å². The van der Waals surface area contributed by atoms with Crippen molar-refractivity contribution in [2.45, 2.75) is 18.8 Å². The Balaban J connectivity index is 1.40. The second-order valence-corrected chi connectivity index (χ2v) is 10.1. The number of hydrogen-bond donors (Lipinski definition) is 2. The van der Waals surface area contributed by atoms with Crippen LogP contribution in [0, 0.1) is 0 Å². The summed E-state index contributed by atoms with van der Waals surface area (Å²) >= 11 is 0. The van der Waals surface area contributed by atoms with E-state index >= 15 is 0 Å². The van der Waals surface area contributed by atoms with Gasteiger partial charge >= 0.3 is 6.09 Å². The van der Waals surface area contributed by atoms with E-state index in [0.717, 1.165) is 29.7 Å². The van der Waals surface area contributed by atoms with Crippen LogP contribution in [0.25, 0.3) is 16.8 Å². The molecule has 11 heteroatoms. The first kappa shape index (κ1) is 29.1.